The number of rotatable bonds is 7. The number of carbonyl (C=O) groups is 1. The van der Waals surface area contributed by atoms with Crippen molar-refractivity contribution in [1.29, 1.82) is 0 Å². The lowest BCUT2D eigenvalue weighted by Gasteiger charge is -2.04. The fourth-order valence-electron chi connectivity index (χ4n) is 1.25. The molecule has 0 bridgehead atoms. The minimum absolute atomic E-state index is 0.101. The second kappa shape index (κ2) is 7.00. The van der Waals surface area contributed by atoms with Crippen molar-refractivity contribution in [3.05, 3.63) is 18.5 Å². The highest BCUT2D eigenvalue weighted by Crippen LogP contribution is 1.86. The molecule has 1 rings (SSSR count). The first kappa shape index (κ1) is 11.7. The third kappa shape index (κ3) is 5.17. The van der Waals surface area contributed by atoms with E-state index in [0.717, 1.165) is 26.1 Å². The third-order valence-electron chi connectivity index (χ3n) is 2.11. The smallest absolute Gasteiger partial charge is 0.219 e. The van der Waals surface area contributed by atoms with Crippen LogP contribution < -0.4 is 10.6 Å². The molecule has 0 aliphatic rings. The molecule has 15 heavy (non-hydrogen) atoms. The summed E-state index contributed by atoms with van der Waals surface area (Å²) in [5.41, 5.74) is 0. The van der Waals surface area contributed by atoms with Crippen LogP contribution >= 0.6 is 0 Å². The maximum Gasteiger partial charge on any atom is 0.219 e. The fraction of sp³-hybridized carbons (Fsp3) is 0.600. The number of amides is 1. The van der Waals surface area contributed by atoms with Crippen LogP contribution in [0.4, 0.5) is 0 Å². The zero-order chi connectivity index (χ0) is 10.9. The lowest BCUT2D eigenvalue weighted by atomic mass is 10.3. The van der Waals surface area contributed by atoms with Gasteiger partial charge in [0.25, 0.3) is 0 Å². The van der Waals surface area contributed by atoms with Gasteiger partial charge in [-0.2, -0.15) is 5.10 Å². The summed E-state index contributed by atoms with van der Waals surface area (Å²) in [6.45, 7) is 2.62. The van der Waals surface area contributed by atoms with Gasteiger partial charge in [0, 0.05) is 32.4 Å². The van der Waals surface area contributed by atoms with Gasteiger partial charge in [-0.05, 0) is 19.0 Å². The van der Waals surface area contributed by atoms with Crippen molar-refractivity contribution in [2.24, 2.45) is 0 Å². The van der Waals surface area contributed by atoms with Crippen LogP contribution in [0.3, 0.4) is 0 Å². The van der Waals surface area contributed by atoms with Gasteiger partial charge < -0.3 is 10.6 Å². The van der Waals surface area contributed by atoms with Gasteiger partial charge in [0.05, 0.1) is 6.54 Å². The molecule has 2 N–H and O–H groups in total. The molecule has 1 aromatic heterocycles. The van der Waals surface area contributed by atoms with E-state index in [1.165, 1.54) is 0 Å². The summed E-state index contributed by atoms with van der Waals surface area (Å²) in [4.78, 5) is 10.9. The Labute approximate surface area is 89.9 Å². The standard InChI is InChI=1S/C10H18N4O/c1-11-10(15)4-2-5-12-7-9-14-8-3-6-13-14/h3,6,8,12H,2,4-5,7,9H2,1H3,(H,11,15). The Hall–Kier alpha value is -1.36. The lowest BCUT2D eigenvalue weighted by Crippen LogP contribution is -2.23. The molecule has 5 nitrogen and oxygen atoms in total. The van der Waals surface area contributed by atoms with Crippen LogP contribution in [-0.2, 0) is 11.3 Å². The molecule has 1 amide bonds. The van der Waals surface area contributed by atoms with Crippen molar-refractivity contribution < 1.29 is 4.79 Å². The van der Waals surface area contributed by atoms with E-state index in [1.807, 2.05) is 16.9 Å². The minimum Gasteiger partial charge on any atom is -0.359 e. The fourth-order valence-corrected chi connectivity index (χ4v) is 1.25. The Balaban J connectivity index is 1.91. The summed E-state index contributed by atoms with van der Waals surface area (Å²) in [6.07, 6.45) is 5.17. The van der Waals surface area contributed by atoms with E-state index in [4.69, 9.17) is 0 Å². The first-order valence-corrected chi connectivity index (χ1v) is 5.21. The molecule has 0 unspecified atom stereocenters. The van der Waals surface area contributed by atoms with Gasteiger partial charge in [-0.1, -0.05) is 0 Å². The third-order valence-corrected chi connectivity index (χ3v) is 2.11. The molecule has 0 aliphatic heterocycles. The van der Waals surface area contributed by atoms with Crippen LogP contribution in [0.5, 0.6) is 0 Å². The first-order valence-electron chi connectivity index (χ1n) is 5.21. The Morgan fingerprint density at radius 3 is 3.00 bits per heavy atom. The zero-order valence-corrected chi connectivity index (χ0v) is 9.07. The highest BCUT2D eigenvalue weighted by Gasteiger charge is 1.96. The quantitative estimate of drug-likeness (QED) is 0.623. The molecular formula is C10H18N4O. The average Bonchev–Trinajstić information content (AvgIpc) is 2.75. The largest absolute Gasteiger partial charge is 0.359 e. The van der Waals surface area contributed by atoms with Crippen LogP contribution in [0, 0.1) is 0 Å². The van der Waals surface area contributed by atoms with Crippen molar-refractivity contribution in [1.82, 2.24) is 20.4 Å². The van der Waals surface area contributed by atoms with Gasteiger partial charge in [-0.3, -0.25) is 9.48 Å². The Morgan fingerprint density at radius 1 is 1.47 bits per heavy atom. The molecule has 1 aromatic rings. The van der Waals surface area contributed by atoms with Crippen LogP contribution in [0.15, 0.2) is 18.5 Å². The van der Waals surface area contributed by atoms with E-state index in [0.29, 0.717) is 6.42 Å². The molecule has 0 fully saturated rings. The number of hydrogen-bond donors (Lipinski definition) is 2. The zero-order valence-electron chi connectivity index (χ0n) is 9.07. The topological polar surface area (TPSA) is 59.0 Å². The van der Waals surface area contributed by atoms with Gasteiger partial charge in [-0.25, -0.2) is 0 Å². The number of carbonyl (C=O) groups excluding carboxylic acids is 1. The van der Waals surface area contributed by atoms with Crippen LogP contribution in [0.2, 0.25) is 0 Å². The molecule has 0 aliphatic carbocycles. The van der Waals surface area contributed by atoms with E-state index in [9.17, 15) is 4.79 Å². The summed E-state index contributed by atoms with van der Waals surface area (Å²) in [6, 6.07) is 1.91. The number of aromatic nitrogens is 2. The summed E-state index contributed by atoms with van der Waals surface area (Å²) >= 11 is 0. The molecule has 0 saturated carbocycles. The molecule has 5 heteroatoms. The lowest BCUT2D eigenvalue weighted by molar-refractivity contribution is -0.120. The second-order valence-electron chi connectivity index (χ2n) is 3.30. The minimum atomic E-state index is 0.101. The monoisotopic (exact) mass is 210 g/mol. The predicted molar refractivity (Wildman–Crippen MR) is 58.4 cm³/mol. The molecular weight excluding hydrogens is 192 g/mol. The van der Waals surface area contributed by atoms with Gasteiger partial charge in [0.2, 0.25) is 5.91 Å². The highest BCUT2D eigenvalue weighted by molar-refractivity contribution is 5.75. The first-order chi connectivity index (χ1) is 7.33. The molecule has 0 aromatic carbocycles. The van der Waals surface area contributed by atoms with Crippen molar-refractivity contribution in [2.45, 2.75) is 19.4 Å². The maximum atomic E-state index is 10.9. The SMILES string of the molecule is CNC(=O)CCCNCCn1cccn1. The number of nitrogens with one attached hydrogen (secondary N) is 2. The Kier molecular flexibility index (Phi) is 5.47. The van der Waals surface area contributed by atoms with E-state index in [2.05, 4.69) is 15.7 Å². The van der Waals surface area contributed by atoms with Crippen molar-refractivity contribution >= 4 is 5.91 Å². The maximum absolute atomic E-state index is 10.9. The molecule has 0 spiro atoms. The summed E-state index contributed by atoms with van der Waals surface area (Å²) in [5, 5.41) is 9.95. The highest BCUT2D eigenvalue weighted by atomic mass is 16.1. The van der Waals surface area contributed by atoms with Crippen LogP contribution in [0.1, 0.15) is 12.8 Å². The van der Waals surface area contributed by atoms with Crippen LogP contribution in [0.25, 0.3) is 0 Å². The van der Waals surface area contributed by atoms with Crippen molar-refractivity contribution in [3.63, 3.8) is 0 Å². The van der Waals surface area contributed by atoms with Gasteiger partial charge in [0.1, 0.15) is 0 Å². The molecule has 0 radical (unpaired) electrons. The van der Waals surface area contributed by atoms with Crippen LogP contribution in [-0.4, -0.2) is 35.8 Å². The summed E-state index contributed by atoms with van der Waals surface area (Å²) in [5.74, 6) is 0.101. The summed E-state index contributed by atoms with van der Waals surface area (Å²) in [7, 11) is 1.66. The Bertz CT molecular complexity index is 271. The van der Waals surface area contributed by atoms with Crippen molar-refractivity contribution in [3.8, 4) is 0 Å². The Morgan fingerprint density at radius 2 is 2.33 bits per heavy atom. The second-order valence-corrected chi connectivity index (χ2v) is 3.30. The normalized spacial score (nSPS) is 10.2. The number of nitrogens with zero attached hydrogens (tertiary/aromatic N) is 2. The van der Waals surface area contributed by atoms with E-state index < -0.39 is 0 Å². The molecule has 1 heterocycles. The van der Waals surface area contributed by atoms with Crippen molar-refractivity contribution in [2.75, 3.05) is 20.1 Å². The molecule has 0 saturated heterocycles. The number of hydrogen-bond acceptors (Lipinski definition) is 3. The van der Waals surface area contributed by atoms with Gasteiger partial charge in [-0.15, -0.1) is 0 Å². The van der Waals surface area contributed by atoms with E-state index >= 15 is 0 Å². The summed E-state index contributed by atoms with van der Waals surface area (Å²) < 4.78 is 1.88. The van der Waals surface area contributed by atoms with E-state index in [-0.39, 0.29) is 5.91 Å². The van der Waals surface area contributed by atoms with E-state index in [1.54, 1.807) is 13.2 Å². The molecule has 84 valence electrons. The van der Waals surface area contributed by atoms with Gasteiger partial charge in [0.15, 0.2) is 0 Å². The average molecular weight is 210 g/mol. The molecule has 0 atom stereocenters. The predicted octanol–water partition coefficient (Wildman–Crippen LogP) is -0.00110. The van der Waals surface area contributed by atoms with Gasteiger partial charge >= 0.3 is 0 Å².